The summed E-state index contributed by atoms with van der Waals surface area (Å²) in [5.74, 6) is 0.252. The van der Waals surface area contributed by atoms with Gasteiger partial charge in [-0.2, -0.15) is 0 Å². The molecule has 2 aliphatic heterocycles. The number of ketones is 1. The highest BCUT2D eigenvalue weighted by molar-refractivity contribution is 5.99. The van der Waals surface area contributed by atoms with E-state index in [1.54, 1.807) is 31.4 Å². The maximum atomic E-state index is 12.4. The van der Waals surface area contributed by atoms with Crippen LogP contribution in [-0.4, -0.2) is 62.3 Å². The van der Waals surface area contributed by atoms with Crippen molar-refractivity contribution in [2.45, 2.75) is 32.1 Å². The third-order valence-corrected chi connectivity index (χ3v) is 5.93. The molecule has 0 bridgehead atoms. The summed E-state index contributed by atoms with van der Waals surface area (Å²) in [4.78, 5) is 38.4. The van der Waals surface area contributed by atoms with Crippen LogP contribution in [0.3, 0.4) is 0 Å². The number of rotatable bonds is 7. The highest BCUT2D eigenvalue weighted by Gasteiger charge is 2.37. The lowest BCUT2D eigenvalue weighted by Crippen LogP contribution is -2.44. The van der Waals surface area contributed by atoms with Gasteiger partial charge in [-0.25, -0.2) is 0 Å². The number of piperidine rings is 1. The predicted molar refractivity (Wildman–Crippen MR) is 105 cm³/mol. The molecule has 2 saturated heterocycles. The molecule has 1 aromatic rings. The van der Waals surface area contributed by atoms with Crippen LogP contribution in [0, 0.1) is 5.41 Å². The van der Waals surface area contributed by atoms with Gasteiger partial charge in [0.2, 0.25) is 11.8 Å². The third-order valence-electron chi connectivity index (χ3n) is 5.93. The van der Waals surface area contributed by atoms with Crippen LogP contribution in [0.4, 0.5) is 0 Å². The number of nitrogens with one attached hydrogen (secondary N) is 2. The number of ether oxygens (including phenoxy) is 1. The molecule has 28 heavy (non-hydrogen) atoms. The van der Waals surface area contributed by atoms with E-state index in [1.165, 1.54) is 6.42 Å². The van der Waals surface area contributed by atoms with E-state index in [4.69, 9.17) is 4.74 Å². The highest BCUT2D eigenvalue weighted by Crippen LogP contribution is 2.37. The van der Waals surface area contributed by atoms with E-state index in [-0.39, 0.29) is 37.0 Å². The van der Waals surface area contributed by atoms with Gasteiger partial charge < -0.3 is 20.3 Å². The SMILES string of the molecule is COc1ccc(C(=O)CNC(=O)CCC(=O)N2CCC3(CCNC3)CC2)cc1. The Hall–Kier alpha value is -2.41. The number of Topliss-reactive ketones (excluding diaryl/α,β-unsaturated/α-hetero) is 1. The Morgan fingerprint density at radius 1 is 1.11 bits per heavy atom. The van der Waals surface area contributed by atoms with Gasteiger partial charge in [0.1, 0.15) is 5.75 Å². The fraction of sp³-hybridized carbons (Fsp3) is 0.571. The molecule has 1 aromatic carbocycles. The average Bonchev–Trinajstić information content (AvgIpc) is 3.18. The van der Waals surface area contributed by atoms with Crippen molar-refractivity contribution in [1.82, 2.24) is 15.5 Å². The Balaban J connectivity index is 1.35. The molecule has 2 aliphatic rings. The van der Waals surface area contributed by atoms with Crippen LogP contribution >= 0.6 is 0 Å². The minimum Gasteiger partial charge on any atom is -0.497 e. The number of carbonyl (C=O) groups is 3. The standard InChI is InChI=1S/C21H29N3O4/c1-28-17-4-2-16(3-5-17)18(25)14-23-19(26)6-7-20(27)24-12-9-21(10-13-24)8-11-22-15-21/h2-5,22H,6-15H2,1H3,(H,23,26). The molecule has 7 nitrogen and oxygen atoms in total. The topological polar surface area (TPSA) is 87.7 Å². The molecular formula is C21H29N3O4. The summed E-state index contributed by atoms with van der Waals surface area (Å²) in [6.45, 7) is 3.61. The number of methoxy groups -OCH3 is 1. The Morgan fingerprint density at radius 2 is 1.82 bits per heavy atom. The summed E-state index contributed by atoms with van der Waals surface area (Å²) in [5.41, 5.74) is 0.886. The number of nitrogens with zero attached hydrogens (tertiary/aromatic N) is 1. The molecular weight excluding hydrogens is 358 g/mol. The van der Waals surface area contributed by atoms with Crippen LogP contribution in [0.2, 0.25) is 0 Å². The molecule has 0 saturated carbocycles. The van der Waals surface area contributed by atoms with E-state index in [1.807, 2.05) is 4.90 Å². The smallest absolute Gasteiger partial charge is 0.223 e. The molecule has 0 aliphatic carbocycles. The van der Waals surface area contributed by atoms with Crippen LogP contribution in [0.1, 0.15) is 42.5 Å². The molecule has 7 heteroatoms. The van der Waals surface area contributed by atoms with Gasteiger partial charge >= 0.3 is 0 Å². The Morgan fingerprint density at radius 3 is 2.43 bits per heavy atom. The van der Waals surface area contributed by atoms with Gasteiger partial charge in [0.15, 0.2) is 5.78 Å². The zero-order valence-electron chi connectivity index (χ0n) is 16.5. The Labute approximate surface area is 165 Å². The van der Waals surface area contributed by atoms with Crippen molar-refractivity contribution in [2.75, 3.05) is 39.8 Å². The molecule has 2 heterocycles. The Bertz CT molecular complexity index is 701. The minimum absolute atomic E-state index is 0.0254. The van der Waals surface area contributed by atoms with Crippen molar-refractivity contribution in [2.24, 2.45) is 5.41 Å². The van der Waals surface area contributed by atoms with Gasteiger partial charge in [0.25, 0.3) is 0 Å². The zero-order valence-corrected chi connectivity index (χ0v) is 16.5. The summed E-state index contributed by atoms with van der Waals surface area (Å²) in [6.07, 6.45) is 3.56. The third kappa shape index (κ3) is 5.10. The lowest BCUT2D eigenvalue weighted by molar-refractivity contribution is -0.135. The number of benzene rings is 1. The first-order valence-corrected chi connectivity index (χ1v) is 9.94. The normalized spacial score (nSPS) is 18.1. The second kappa shape index (κ2) is 9.19. The van der Waals surface area contributed by atoms with E-state index in [9.17, 15) is 14.4 Å². The average molecular weight is 387 g/mol. The molecule has 0 atom stereocenters. The predicted octanol–water partition coefficient (Wildman–Crippen LogP) is 1.38. The van der Waals surface area contributed by atoms with Crippen molar-refractivity contribution >= 4 is 17.6 Å². The molecule has 2 amide bonds. The fourth-order valence-corrected chi connectivity index (χ4v) is 3.98. The minimum atomic E-state index is -0.274. The first-order chi connectivity index (χ1) is 13.5. The molecule has 152 valence electrons. The van der Waals surface area contributed by atoms with Crippen LogP contribution in [0.5, 0.6) is 5.75 Å². The van der Waals surface area contributed by atoms with Crippen molar-refractivity contribution in [3.8, 4) is 5.75 Å². The first kappa shape index (κ1) is 20.3. The summed E-state index contributed by atoms with van der Waals surface area (Å²) in [6, 6.07) is 6.75. The molecule has 0 radical (unpaired) electrons. The van der Waals surface area contributed by atoms with Crippen molar-refractivity contribution in [3.63, 3.8) is 0 Å². The molecule has 0 unspecified atom stereocenters. The van der Waals surface area contributed by atoms with Gasteiger partial charge in [-0.05, 0) is 55.5 Å². The summed E-state index contributed by atoms with van der Waals surface area (Å²) < 4.78 is 5.06. The van der Waals surface area contributed by atoms with Gasteiger partial charge in [-0.15, -0.1) is 0 Å². The molecule has 1 spiro atoms. The quantitative estimate of drug-likeness (QED) is 0.690. The van der Waals surface area contributed by atoms with Crippen LogP contribution in [0.25, 0.3) is 0 Å². The monoisotopic (exact) mass is 387 g/mol. The van der Waals surface area contributed by atoms with E-state index in [0.717, 1.165) is 39.0 Å². The lowest BCUT2D eigenvalue weighted by atomic mass is 9.78. The zero-order chi connectivity index (χ0) is 20.0. The van der Waals surface area contributed by atoms with E-state index in [2.05, 4.69) is 10.6 Å². The van der Waals surface area contributed by atoms with Crippen LogP contribution in [-0.2, 0) is 9.59 Å². The number of hydrogen-bond donors (Lipinski definition) is 2. The summed E-state index contributed by atoms with van der Waals surface area (Å²) in [5, 5.41) is 6.03. The maximum absolute atomic E-state index is 12.4. The van der Waals surface area contributed by atoms with Gasteiger partial charge in [0.05, 0.1) is 13.7 Å². The number of hydrogen-bond acceptors (Lipinski definition) is 5. The molecule has 2 fully saturated rings. The second-order valence-corrected chi connectivity index (χ2v) is 7.74. The van der Waals surface area contributed by atoms with Crippen molar-refractivity contribution < 1.29 is 19.1 Å². The number of amides is 2. The molecule has 2 N–H and O–H groups in total. The summed E-state index contributed by atoms with van der Waals surface area (Å²) in [7, 11) is 1.56. The Kier molecular flexibility index (Phi) is 6.67. The van der Waals surface area contributed by atoms with E-state index in [0.29, 0.717) is 16.7 Å². The van der Waals surface area contributed by atoms with Crippen molar-refractivity contribution in [3.05, 3.63) is 29.8 Å². The van der Waals surface area contributed by atoms with E-state index < -0.39 is 0 Å². The van der Waals surface area contributed by atoms with Gasteiger partial charge in [-0.1, -0.05) is 0 Å². The van der Waals surface area contributed by atoms with E-state index >= 15 is 0 Å². The second-order valence-electron chi connectivity index (χ2n) is 7.74. The largest absolute Gasteiger partial charge is 0.497 e. The van der Waals surface area contributed by atoms with Gasteiger partial charge in [-0.3, -0.25) is 14.4 Å². The lowest BCUT2D eigenvalue weighted by Gasteiger charge is -2.38. The van der Waals surface area contributed by atoms with Crippen LogP contribution < -0.4 is 15.4 Å². The summed E-state index contributed by atoms with van der Waals surface area (Å²) >= 11 is 0. The van der Waals surface area contributed by atoms with Crippen LogP contribution in [0.15, 0.2) is 24.3 Å². The van der Waals surface area contributed by atoms with Gasteiger partial charge in [0, 0.05) is 38.0 Å². The molecule has 0 aromatic heterocycles. The highest BCUT2D eigenvalue weighted by atomic mass is 16.5. The fourth-order valence-electron chi connectivity index (χ4n) is 3.98. The maximum Gasteiger partial charge on any atom is 0.223 e. The van der Waals surface area contributed by atoms with Crippen molar-refractivity contribution in [1.29, 1.82) is 0 Å². The number of carbonyl (C=O) groups excluding carboxylic acids is 3. The number of likely N-dealkylation sites (tertiary alicyclic amines) is 1. The molecule has 3 rings (SSSR count). The first-order valence-electron chi connectivity index (χ1n) is 9.94.